The van der Waals surface area contributed by atoms with Gasteiger partial charge >= 0.3 is 0 Å². The molecule has 4 rings (SSSR count). The molecule has 19 heteroatoms. The minimum atomic E-state index is -1.66. The highest BCUT2D eigenvalue weighted by atomic mass is 16.8. The van der Waals surface area contributed by atoms with Crippen LogP contribution in [-0.2, 0) is 33.2 Å². The van der Waals surface area contributed by atoms with Crippen LogP contribution in [0.5, 0.6) is 0 Å². The van der Waals surface area contributed by atoms with Crippen LogP contribution in [0.15, 0.2) is 0 Å². The molecule has 4 fully saturated rings. The second kappa shape index (κ2) is 13.9. The van der Waals surface area contributed by atoms with Gasteiger partial charge in [0.2, 0.25) is 0 Å². The van der Waals surface area contributed by atoms with Gasteiger partial charge in [0.05, 0.1) is 31.3 Å². The van der Waals surface area contributed by atoms with E-state index < -0.39 is 129 Å². The molecule has 42 heavy (non-hydrogen) atoms. The third kappa shape index (κ3) is 6.49. The maximum atomic E-state index is 13.2. The maximum Gasteiger partial charge on any atom is 0.187 e. The topological polar surface area (TPSA) is 344 Å². The van der Waals surface area contributed by atoms with Gasteiger partial charge in [-0.2, -0.15) is 0 Å². The van der Waals surface area contributed by atoms with Gasteiger partial charge in [-0.1, -0.05) is 0 Å². The van der Waals surface area contributed by atoms with E-state index in [0.717, 1.165) is 0 Å². The lowest BCUT2D eigenvalue weighted by atomic mass is 9.85. The molecule has 1 saturated carbocycles. The number of carbonyl (C=O) groups is 1. The van der Waals surface area contributed by atoms with Crippen molar-refractivity contribution in [3.8, 4) is 0 Å². The molecule has 0 spiro atoms. The first-order valence-electron chi connectivity index (χ1n) is 13.6. The van der Waals surface area contributed by atoms with E-state index in [1.165, 1.54) is 0 Å². The van der Waals surface area contributed by atoms with E-state index in [9.17, 15) is 40.5 Å². The standard InChI is InChI=1S/C23H43N5O14/c24-2-7-13(32)15(34)10(27)21(37-7)41-19-9(4-30)39-23(17(19)36)42-20-12(31)5(25)1-6(26)18(20)40-22-11(28)16(35)14(33)8(3-29)38-22/h5-11,13-23,29-30,32-36H,1-4,24-28H2/t5-,6+,7+,8-,9-,10-,11-,13-,14-,15-,16-,17-,18-,19-,20-,21-,22-,23+/m1/s1. The highest BCUT2D eigenvalue weighted by molar-refractivity contribution is 5.89. The summed E-state index contributed by atoms with van der Waals surface area (Å²) in [4.78, 5) is 13.2. The highest BCUT2D eigenvalue weighted by Crippen LogP contribution is 2.33. The molecule has 0 unspecified atom stereocenters. The number of hydrogen-bond acceptors (Lipinski definition) is 19. The highest BCUT2D eigenvalue weighted by Gasteiger charge is 2.54. The quantitative estimate of drug-likeness (QED) is 0.115. The first-order valence-corrected chi connectivity index (χ1v) is 13.6. The Morgan fingerprint density at radius 2 is 1.17 bits per heavy atom. The molecule has 244 valence electrons. The molecule has 4 aliphatic rings. The van der Waals surface area contributed by atoms with Gasteiger partial charge in [-0.05, 0) is 6.42 Å². The van der Waals surface area contributed by atoms with Gasteiger partial charge in [0, 0.05) is 12.6 Å². The Labute approximate surface area is 240 Å². The smallest absolute Gasteiger partial charge is 0.187 e. The zero-order valence-electron chi connectivity index (χ0n) is 22.6. The molecule has 0 aromatic heterocycles. The molecular weight excluding hydrogens is 570 g/mol. The first-order chi connectivity index (χ1) is 19.8. The summed E-state index contributed by atoms with van der Waals surface area (Å²) in [5.74, 6) is -0.674. The maximum absolute atomic E-state index is 13.2. The van der Waals surface area contributed by atoms with Crippen LogP contribution in [0.3, 0.4) is 0 Å². The van der Waals surface area contributed by atoms with E-state index in [4.69, 9.17) is 57.1 Å². The summed E-state index contributed by atoms with van der Waals surface area (Å²) >= 11 is 0. The molecule has 3 aliphatic heterocycles. The summed E-state index contributed by atoms with van der Waals surface area (Å²) in [5, 5.41) is 71.3. The Kier molecular flexibility index (Phi) is 11.2. The van der Waals surface area contributed by atoms with E-state index in [1.54, 1.807) is 0 Å². The van der Waals surface area contributed by atoms with Crippen molar-refractivity contribution < 1.29 is 69.0 Å². The molecule has 18 atom stereocenters. The van der Waals surface area contributed by atoms with E-state index in [2.05, 4.69) is 0 Å². The number of aliphatic hydroxyl groups is 7. The van der Waals surface area contributed by atoms with Crippen molar-refractivity contribution in [2.45, 2.75) is 117 Å². The van der Waals surface area contributed by atoms with Crippen LogP contribution < -0.4 is 28.7 Å². The van der Waals surface area contributed by atoms with Crippen molar-refractivity contribution in [2.24, 2.45) is 28.7 Å². The fourth-order valence-corrected chi connectivity index (χ4v) is 5.54. The lowest BCUT2D eigenvalue weighted by molar-refractivity contribution is -0.298. The van der Waals surface area contributed by atoms with E-state index in [-0.39, 0.29) is 13.0 Å². The van der Waals surface area contributed by atoms with Gasteiger partial charge in [0.25, 0.3) is 0 Å². The Morgan fingerprint density at radius 3 is 1.71 bits per heavy atom. The molecule has 0 bridgehead atoms. The molecule has 0 amide bonds. The first kappa shape index (κ1) is 33.8. The van der Waals surface area contributed by atoms with Crippen LogP contribution in [0.25, 0.3) is 0 Å². The lowest BCUT2D eigenvalue weighted by Gasteiger charge is -2.45. The van der Waals surface area contributed by atoms with E-state index >= 15 is 0 Å². The van der Waals surface area contributed by atoms with Gasteiger partial charge in [-0.15, -0.1) is 0 Å². The van der Waals surface area contributed by atoms with Crippen LogP contribution in [0.2, 0.25) is 0 Å². The number of Topliss-reactive ketones (excluding diaryl/α,β-unsaturated/α-hetero) is 1. The largest absolute Gasteiger partial charge is 0.394 e. The minimum absolute atomic E-state index is 0.0353. The van der Waals surface area contributed by atoms with Crippen molar-refractivity contribution in [1.29, 1.82) is 0 Å². The molecule has 17 N–H and O–H groups in total. The summed E-state index contributed by atoms with van der Waals surface area (Å²) in [5.41, 5.74) is 29.7. The summed E-state index contributed by atoms with van der Waals surface area (Å²) in [6.45, 7) is -1.54. The number of ketones is 1. The number of hydrogen-bond donors (Lipinski definition) is 12. The summed E-state index contributed by atoms with van der Waals surface area (Å²) < 4.78 is 34.1. The zero-order chi connectivity index (χ0) is 31.0. The van der Waals surface area contributed by atoms with Crippen molar-refractivity contribution in [3.63, 3.8) is 0 Å². The molecule has 3 heterocycles. The van der Waals surface area contributed by atoms with Gasteiger partial charge in [-0.25, -0.2) is 0 Å². The number of nitrogens with two attached hydrogens (primary N) is 5. The van der Waals surface area contributed by atoms with Crippen molar-refractivity contribution in [1.82, 2.24) is 0 Å². The predicted molar refractivity (Wildman–Crippen MR) is 135 cm³/mol. The van der Waals surface area contributed by atoms with E-state index in [1.807, 2.05) is 0 Å². The fraction of sp³-hybridized carbons (Fsp3) is 0.957. The van der Waals surface area contributed by atoms with Crippen molar-refractivity contribution in [2.75, 3.05) is 19.8 Å². The fourth-order valence-electron chi connectivity index (χ4n) is 5.54. The van der Waals surface area contributed by atoms with Gasteiger partial charge < -0.3 is 92.8 Å². The Morgan fingerprint density at radius 1 is 0.667 bits per heavy atom. The summed E-state index contributed by atoms with van der Waals surface area (Å²) in [7, 11) is 0. The normalized spacial score (nSPS) is 52.0. The van der Waals surface area contributed by atoms with Crippen LogP contribution in [0.1, 0.15) is 6.42 Å². The second-order valence-electron chi connectivity index (χ2n) is 11.0. The molecule has 0 aromatic carbocycles. The Balaban J connectivity index is 1.50. The molecule has 19 nitrogen and oxygen atoms in total. The van der Waals surface area contributed by atoms with Crippen LogP contribution in [0, 0.1) is 0 Å². The molecule has 1 aliphatic carbocycles. The van der Waals surface area contributed by atoms with Gasteiger partial charge in [-0.3, -0.25) is 4.79 Å². The summed E-state index contributed by atoms with van der Waals surface area (Å²) in [6.07, 6.45) is -19.8. The Bertz CT molecular complexity index is 908. The van der Waals surface area contributed by atoms with Crippen LogP contribution in [-0.4, -0.2) is 171 Å². The SMILES string of the molecule is NC[C@@H]1O[C@H](O[C@H]2[C@@H](O)[C@H](O[C@@H]3C(=O)[C@H](N)C[C@H](N)[C@H]3O[C@H]3O[C@H](CO)[C@@H](O)[C@H](O)[C@H]3N)O[C@@H]2CO)[C@H](N)[C@@H](O)[C@@H]1O. The number of ether oxygens (including phenoxy) is 6. The third-order valence-electron chi connectivity index (χ3n) is 8.14. The molecular formula is C23H43N5O14. The predicted octanol–water partition coefficient (Wildman–Crippen LogP) is -8.65. The number of carbonyl (C=O) groups excluding carboxylic acids is 1. The lowest BCUT2D eigenvalue weighted by Crippen LogP contribution is -2.67. The summed E-state index contributed by atoms with van der Waals surface area (Å²) in [6, 6.07) is -4.60. The zero-order valence-corrected chi connectivity index (χ0v) is 22.6. The average molecular weight is 614 g/mol. The van der Waals surface area contributed by atoms with Crippen LogP contribution in [0.4, 0.5) is 0 Å². The van der Waals surface area contributed by atoms with Crippen molar-refractivity contribution in [3.05, 3.63) is 0 Å². The minimum Gasteiger partial charge on any atom is -0.394 e. The number of aliphatic hydroxyl groups excluding tert-OH is 7. The monoisotopic (exact) mass is 613 g/mol. The van der Waals surface area contributed by atoms with Gasteiger partial charge in [0.15, 0.2) is 24.7 Å². The van der Waals surface area contributed by atoms with Gasteiger partial charge in [0.1, 0.15) is 67.1 Å². The third-order valence-corrected chi connectivity index (χ3v) is 8.14. The molecule has 0 aromatic rings. The molecule has 3 saturated heterocycles. The second-order valence-corrected chi connectivity index (χ2v) is 11.0. The average Bonchev–Trinajstić information content (AvgIpc) is 3.27. The van der Waals surface area contributed by atoms with Crippen LogP contribution >= 0.6 is 0 Å². The molecule has 0 radical (unpaired) electrons. The van der Waals surface area contributed by atoms with Crippen molar-refractivity contribution >= 4 is 5.78 Å². The number of rotatable bonds is 9. The Hall–Kier alpha value is -1.05. The van der Waals surface area contributed by atoms with E-state index in [0.29, 0.717) is 0 Å².